The molecular formula is C28H29BrClN3O2. The molecule has 0 aliphatic carbocycles. The minimum absolute atomic E-state index is 0.0380. The van der Waals surface area contributed by atoms with E-state index in [4.69, 9.17) is 21.3 Å². The van der Waals surface area contributed by atoms with Crippen molar-refractivity contribution in [2.24, 2.45) is 0 Å². The van der Waals surface area contributed by atoms with Gasteiger partial charge in [0, 0.05) is 28.0 Å². The van der Waals surface area contributed by atoms with Crippen LogP contribution >= 0.6 is 27.5 Å². The molecule has 35 heavy (non-hydrogen) atoms. The van der Waals surface area contributed by atoms with Crippen LogP contribution in [0.15, 0.2) is 71.2 Å². The third kappa shape index (κ3) is 6.86. The SMILES string of the molecule is Cc1cc(OCCn2c(CCCCCNC(=O)c3cccc(Br)c3)nc3ccccc32)ccc1Cl. The number of fused-ring (bicyclic) bond motifs is 1. The van der Waals surface area contributed by atoms with Gasteiger partial charge in [-0.15, -0.1) is 0 Å². The van der Waals surface area contributed by atoms with Crippen LogP contribution in [0, 0.1) is 6.92 Å². The van der Waals surface area contributed by atoms with Crippen LogP contribution in [0.2, 0.25) is 5.02 Å². The van der Waals surface area contributed by atoms with Crippen LogP contribution in [-0.4, -0.2) is 28.6 Å². The van der Waals surface area contributed by atoms with Gasteiger partial charge in [-0.1, -0.05) is 52.2 Å². The van der Waals surface area contributed by atoms with E-state index < -0.39 is 0 Å². The van der Waals surface area contributed by atoms with E-state index in [1.165, 1.54) is 0 Å². The summed E-state index contributed by atoms with van der Waals surface area (Å²) in [5, 5.41) is 3.75. The molecule has 0 spiro atoms. The highest BCUT2D eigenvalue weighted by molar-refractivity contribution is 9.10. The van der Waals surface area contributed by atoms with Gasteiger partial charge >= 0.3 is 0 Å². The quantitative estimate of drug-likeness (QED) is 0.203. The second-order valence-electron chi connectivity index (χ2n) is 8.50. The summed E-state index contributed by atoms with van der Waals surface area (Å²) in [6.45, 7) is 3.91. The third-order valence-electron chi connectivity index (χ3n) is 5.90. The Bertz CT molecular complexity index is 1300. The van der Waals surface area contributed by atoms with Crippen molar-refractivity contribution in [3.63, 3.8) is 0 Å². The van der Waals surface area contributed by atoms with Crippen molar-refractivity contribution >= 4 is 44.5 Å². The Morgan fingerprint density at radius 3 is 2.74 bits per heavy atom. The number of aromatic nitrogens is 2. The van der Waals surface area contributed by atoms with Crippen molar-refractivity contribution in [2.75, 3.05) is 13.2 Å². The lowest BCUT2D eigenvalue weighted by atomic mass is 10.1. The van der Waals surface area contributed by atoms with Crippen LogP contribution < -0.4 is 10.1 Å². The lowest BCUT2D eigenvalue weighted by molar-refractivity contribution is 0.0953. The van der Waals surface area contributed by atoms with Crippen molar-refractivity contribution in [1.29, 1.82) is 0 Å². The van der Waals surface area contributed by atoms with Crippen LogP contribution in [0.4, 0.5) is 0 Å². The second kappa shape index (κ2) is 12.2. The Morgan fingerprint density at radius 2 is 1.91 bits per heavy atom. The first kappa shape index (κ1) is 25.3. The summed E-state index contributed by atoms with van der Waals surface area (Å²) in [4.78, 5) is 17.1. The number of hydrogen-bond acceptors (Lipinski definition) is 3. The zero-order chi connectivity index (χ0) is 24.6. The normalized spacial score (nSPS) is 11.1. The van der Waals surface area contributed by atoms with E-state index in [-0.39, 0.29) is 5.91 Å². The van der Waals surface area contributed by atoms with Gasteiger partial charge in [0.2, 0.25) is 0 Å². The molecule has 1 N–H and O–H groups in total. The topological polar surface area (TPSA) is 56.1 Å². The molecule has 4 aromatic rings. The first-order valence-corrected chi connectivity index (χ1v) is 13.1. The Morgan fingerprint density at radius 1 is 1.06 bits per heavy atom. The zero-order valence-electron chi connectivity index (χ0n) is 19.8. The number of unbranched alkanes of at least 4 members (excludes halogenated alkanes) is 2. The number of amides is 1. The molecule has 0 fully saturated rings. The molecule has 5 nitrogen and oxygen atoms in total. The van der Waals surface area contributed by atoms with Gasteiger partial charge in [0.05, 0.1) is 17.6 Å². The van der Waals surface area contributed by atoms with Gasteiger partial charge in [0.25, 0.3) is 5.91 Å². The minimum atomic E-state index is -0.0380. The van der Waals surface area contributed by atoms with E-state index in [0.717, 1.165) is 69.9 Å². The standard InChI is InChI=1S/C28H29BrClN3O2/c1-20-18-23(13-14-24(20)30)35-17-16-33-26-11-5-4-10-25(26)32-27(33)12-3-2-6-15-31-28(34)21-8-7-9-22(29)19-21/h4-5,7-11,13-14,18-19H,2-3,6,12,15-17H2,1H3,(H,31,34). The number of ether oxygens (including phenoxy) is 1. The highest BCUT2D eigenvalue weighted by atomic mass is 79.9. The summed E-state index contributed by atoms with van der Waals surface area (Å²) in [6, 6.07) is 21.4. The van der Waals surface area contributed by atoms with Gasteiger partial charge in [0.1, 0.15) is 18.2 Å². The molecule has 0 unspecified atom stereocenters. The molecule has 4 rings (SSSR count). The van der Waals surface area contributed by atoms with E-state index in [2.05, 4.69) is 37.9 Å². The number of halogens is 2. The van der Waals surface area contributed by atoms with Crippen LogP contribution in [-0.2, 0) is 13.0 Å². The summed E-state index contributed by atoms with van der Waals surface area (Å²) in [5.74, 6) is 1.85. The average Bonchev–Trinajstić information content (AvgIpc) is 3.20. The first-order chi connectivity index (χ1) is 17.0. The van der Waals surface area contributed by atoms with Crippen LogP contribution in [0.3, 0.4) is 0 Å². The van der Waals surface area contributed by atoms with Gasteiger partial charge in [-0.2, -0.15) is 0 Å². The van der Waals surface area contributed by atoms with E-state index in [9.17, 15) is 4.79 Å². The Hall–Kier alpha value is -2.83. The predicted molar refractivity (Wildman–Crippen MR) is 145 cm³/mol. The molecule has 7 heteroatoms. The van der Waals surface area contributed by atoms with Crippen LogP contribution in [0.25, 0.3) is 11.0 Å². The van der Waals surface area contributed by atoms with E-state index in [0.29, 0.717) is 18.7 Å². The molecule has 1 aromatic heterocycles. The van der Waals surface area contributed by atoms with Gasteiger partial charge in [-0.3, -0.25) is 4.79 Å². The van der Waals surface area contributed by atoms with Gasteiger partial charge in [-0.25, -0.2) is 4.98 Å². The van der Waals surface area contributed by atoms with E-state index in [1.54, 1.807) is 0 Å². The summed E-state index contributed by atoms with van der Waals surface area (Å²) >= 11 is 9.53. The summed E-state index contributed by atoms with van der Waals surface area (Å²) < 4.78 is 9.15. The second-order valence-corrected chi connectivity index (χ2v) is 9.83. The highest BCUT2D eigenvalue weighted by Crippen LogP contribution is 2.22. The first-order valence-electron chi connectivity index (χ1n) is 11.9. The fraction of sp³-hybridized carbons (Fsp3) is 0.286. The van der Waals surface area contributed by atoms with Crippen LogP contribution in [0.1, 0.15) is 41.0 Å². The zero-order valence-corrected chi connectivity index (χ0v) is 22.1. The maximum atomic E-state index is 12.3. The Kier molecular flexibility index (Phi) is 8.83. The number of hydrogen-bond donors (Lipinski definition) is 1. The molecule has 0 atom stereocenters. The van der Waals surface area contributed by atoms with Crippen molar-refractivity contribution < 1.29 is 9.53 Å². The van der Waals surface area contributed by atoms with Gasteiger partial charge in [-0.05, 0) is 73.9 Å². The van der Waals surface area contributed by atoms with E-state index in [1.807, 2.05) is 61.5 Å². The van der Waals surface area contributed by atoms with Crippen molar-refractivity contribution in [3.05, 3.63) is 93.2 Å². The fourth-order valence-corrected chi connectivity index (χ4v) is 4.56. The maximum Gasteiger partial charge on any atom is 0.251 e. The largest absolute Gasteiger partial charge is 0.492 e. The van der Waals surface area contributed by atoms with Gasteiger partial charge in [0.15, 0.2) is 0 Å². The summed E-state index contributed by atoms with van der Waals surface area (Å²) in [6.07, 6.45) is 3.84. The summed E-state index contributed by atoms with van der Waals surface area (Å²) in [7, 11) is 0. The highest BCUT2D eigenvalue weighted by Gasteiger charge is 2.11. The number of carbonyl (C=O) groups excluding carboxylic acids is 1. The smallest absolute Gasteiger partial charge is 0.251 e. The Labute approximate surface area is 219 Å². The molecule has 0 saturated heterocycles. The molecule has 182 valence electrons. The number of nitrogens with zero attached hydrogens (tertiary/aromatic N) is 2. The monoisotopic (exact) mass is 553 g/mol. The average molecular weight is 555 g/mol. The molecule has 0 aliphatic rings. The number of rotatable bonds is 11. The molecular weight excluding hydrogens is 526 g/mol. The molecule has 0 saturated carbocycles. The minimum Gasteiger partial charge on any atom is -0.492 e. The number of nitrogens with one attached hydrogen (secondary N) is 1. The fourth-order valence-electron chi connectivity index (χ4n) is 4.05. The number of carbonyl (C=O) groups is 1. The molecule has 0 aliphatic heterocycles. The molecule has 0 bridgehead atoms. The molecule has 3 aromatic carbocycles. The lowest BCUT2D eigenvalue weighted by Crippen LogP contribution is -2.24. The number of benzene rings is 3. The number of para-hydroxylation sites is 2. The molecule has 1 heterocycles. The number of imidazole rings is 1. The van der Waals surface area contributed by atoms with E-state index >= 15 is 0 Å². The van der Waals surface area contributed by atoms with Crippen molar-refractivity contribution in [3.8, 4) is 5.75 Å². The van der Waals surface area contributed by atoms with Crippen molar-refractivity contribution in [2.45, 2.75) is 39.2 Å². The van der Waals surface area contributed by atoms with Crippen LogP contribution in [0.5, 0.6) is 5.75 Å². The van der Waals surface area contributed by atoms with Gasteiger partial charge < -0.3 is 14.6 Å². The van der Waals surface area contributed by atoms with Crippen molar-refractivity contribution in [1.82, 2.24) is 14.9 Å². The molecule has 1 amide bonds. The Balaban J connectivity index is 1.28. The summed E-state index contributed by atoms with van der Waals surface area (Å²) in [5.41, 5.74) is 3.81. The predicted octanol–water partition coefficient (Wildman–Crippen LogP) is 6.98. The number of aryl methyl sites for hydroxylation is 2. The lowest BCUT2D eigenvalue weighted by Gasteiger charge is -2.12. The maximum absolute atomic E-state index is 12.3. The molecule has 0 radical (unpaired) electrons. The third-order valence-corrected chi connectivity index (χ3v) is 6.81.